The summed E-state index contributed by atoms with van der Waals surface area (Å²) in [4.78, 5) is 2.36. The lowest BCUT2D eigenvalue weighted by Gasteiger charge is -2.26. The Hall–Kier alpha value is -1.22. The zero-order valence-electron chi connectivity index (χ0n) is 9.48. The molecular formula is C13H18N2O. The van der Waals surface area contributed by atoms with Gasteiger partial charge in [0, 0.05) is 19.1 Å². The highest BCUT2D eigenvalue weighted by molar-refractivity contribution is 5.63. The van der Waals surface area contributed by atoms with E-state index in [1.54, 1.807) is 0 Å². The third-order valence-corrected chi connectivity index (χ3v) is 3.48. The molecule has 1 aromatic carbocycles. The second kappa shape index (κ2) is 3.98. The van der Waals surface area contributed by atoms with Gasteiger partial charge < -0.3 is 15.4 Å². The van der Waals surface area contributed by atoms with Crippen LogP contribution in [0, 0.1) is 0 Å². The van der Waals surface area contributed by atoms with E-state index in [1.807, 2.05) is 0 Å². The van der Waals surface area contributed by atoms with Crippen LogP contribution in [0.2, 0.25) is 0 Å². The maximum Gasteiger partial charge on any atom is 0.145 e. The number of nitrogens with two attached hydrogens (primary N) is 1. The zero-order chi connectivity index (χ0) is 11.0. The minimum absolute atomic E-state index is 0.319. The Kier molecular flexibility index (Phi) is 2.48. The van der Waals surface area contributed by atoms with Crippen molar-refractivity contribution in [1.82, 2.24) is 0 Å². The highest BCUT2D eigenvalue weighted by Crippen LogP contribution is 2.36. The molecule has 1 atom stereocenters. The van der Waals surface area contributed by atoms with Gasteiger partial charge in [-0.15, -0.1) is 0 Å². The molecule has 3 rings (SSSR count). The Labute approximate surface area is 96.2 Å². The summed E-state index contributed by atoms with van der Waals surface area (Å²) in [7, 11) is 0. The van der Waals surface area contributed by atoms with Crippen LogP contribution in [-0.2, 0) is 6.42 Å². The molecule has 1 aromatic rings. The van der Waals surface area contributed by atoms with Gasteiger partial charge in [0.2, 0.25) is 0 Å². The molecule has 1 saturated heterocycles. The van der Waals surface area contributed by atoms with Gasteiger partial charge in [-0.1, -0.05) is 12.1 Å². The fraction of sp³-hybridized carbons (Fsp3) is 0.538. The van der Waals surface area contributed by atoms with Gasteiger partial charge in [0.1, 0.15) is 5.75 Å². The van der Waals surface area contributed by atoms with Crippen LogP contribution in [0.5, 0.6) is 5.75 Å². The number of rotatable bonds is 1. The SMILES string of the molecule is NC1CCN(c2cccc3c2OCCC3)C1. The molecule has 3 nitrogen and oxygen atoms in total. The van der Waals surface area contributed by atoms with Crippen molar-refractivity contribution < 1.29 is 4.74 Å². The smallest absolute Gasteiger partial charge is 0.145 e. The third-order valence-electron chi connectivity index (χ3n) is 3.48. The van der Waals surface area contributed by atoms with Gasteiger partial charge >= 0.3 is 0 Å². The lowest BCUT2D eigenvalue weighted by atomic mass is 10.0. The summed E-state index contributed by atoms with van der Waals surface area (Å²) < 4.78 is 5.82. The van der Waals surface area contributed by atoms with Crippen molar-refractivity contribution in [2.45, 2.75) is 25.3 Å². The quantitative estimate of drug-likeness (QED) is 0.777. The second-order valence-corrected chi connectivity index (χ2v) is 4.71. The molecule has 0 spiro atoms. The average molecular weight is 218 g/mol. The van der Waals surface area contributed by atoms with Crippen LogP contribution < -0.4 is 15.4 Å². The number of nitrogens with zero attached hydrogens (tertiary/aromatic N) is 1. The Balaban J connectivity index is 1.94. The monoisotopic (exact) mass is 218 g/mol. The number of aryl methyl sites for hydroxylation is 1. The van der Waals surface area contributed by atoms with E-state index in [0.29, 0.717) is 6.04 Å². The largest absolute Gasteiger partial charge is 0.491 e. The van der Waals surface area contributed by atoms with Gasteiger partial charge in [-0.3, -0.25) is 0 Å². The number of benzene rings is 1. The molecule has 0 radical (unpaired) electrons. The number of hydrogen-bond acceptors (Lipinski definition) is 3. The van der Waals surface area contributed by atoms with E-state index in [-0.39, 0.29) is 0 Å². The maximum atomic E-state index is 5.96. The Morgan fingerprint density at radius 2 is 2.31 bits per heavy atom. The van der Waals surface area contributed by atoms with Gasteiger partial charge in [-0.05, 0) is 30.9 Å². The predicted molar refractivity (Wildman–Crippen MR) is 65.1 cm³/mol. The molecule has 16 heavy (non-hydrogen) atoms. The summed E-state index contributed by atoms with van der Waals surface area (Å²) in [5.41, 5.74) is 8.55. The molecule has 0 amide bonds. The van der Waals surface area contributed by atoms with Crippen molar-refractivity contribution in [3.8, 4) is 5.75 Å². The molecule has 2 N–H and O–H groups in total. The van der Waals surface area contributed by atoms with Crippen LogP contribution in [0.25, 0.3) is 0 Å². The second-order valence-electron chi connectivity index (χ2n) is 4.71. The summed E-state index contributed by atoms with van der Waals surface area (Å²) in [6.45, 7) is 2.87. The highest BCUT2D eigenvalue weighted by Gasteiger charge is 2.24. The molecule has 2 aliphatic heterocycles. The van der Waals surface area contributed by atoms with Crippen LogP contribution in [0.3, 0.4) is 0 Å². The van der Waals surface area contributed by atoms with E-state index in [4.69, 9.17) is 10.5 Å². The van der Waals surface area contributed by atoms with Crippen LogP contribution in [-0.4, -0.2) is 25.7 Å². The predicted octanol–water partition coefficient (Wildman–Crippen LogP) is 1.55. The van der Waals surface area contributed by atoms with E-state index >= 15 is 0 Å². The van der Waals surface area contributed by atoms with Crippen molar-refractivity contribution in [2.24, 2.45) is 5.73 Å². The fourth-order valence-corrected chi connectivity index (χ4v) is 2.63. The number of anilines is 1. The molecule has 0 bridgehead atoms. The standard InChI is InChI=1S/C13H18N2O/c14-11-6-7-15(9-11)12-5-1-3-10-4-2-8-16-13(10)12/h1,3,5,11H,2,4,6-9,14H2. The molecule has 0 aromatic heterocycles. The minimum atomic E-state index is 0.319. The summed E-state index contributed by atoms with van der Waals surface area (Å²) in [5, 5.41) is 0. The zero-order valence-corrected chi connectivity index (χ0v) is 9.48. The van der Waals surface area contributed by atoms with Crippen molar-refractivity contribution >= 4 is 5.69 Å². The van der Waals surface area contributed by atoms with Crippen molar-refractivity contribution in [3.63, 3.8) is 0 Å². The van der Waals surface area contributed by atoms with Gasteiger partial charge in [0.05, 0.1) is 12.3 Å². The summed E-state index contributed by atoms with van der Waals surface area (Å²) in [6, 6.07) is 6.78. The Morgan fingerprint density at radius 3 is 3.12 bits per heavy atom. The first kappa shape index (κ1) is 9.97. The number of para-hydroxylation sites is 1. The molecule has 3 heteroatoms. The first-order valence-corrected chi connectivity index (χ1v) is 6.10. The highest BCUT2D eigenvalue weighted by atomic mass is 16.5. The van der Waals surface area contributed by atoms with Gasteiger partial charge in [-0.25, -0.2) is 0 Å². The molecule has 0 saturated carbocycles. The lowest BCUT2D eigenvalue weighted by molar-refractivity contribution is 0.289. The van der Waals surface area contributed by atoms with Crippen LogP contribution in [0.15, 0.2) is 18.2 Å². The first-order chi connectivity index (χ1) is 7.84. The van der Waals surface area contributed by atoms with Gasteiger partial charge in [0.15, 0.2) is 0 Å². The summed E-state index contributed by atoms with van der Waals surface area (Å²) in [6.07, 6.45) is 3.36. The molecule has 2 aliphatic rings. The Bertz CT molecular complexity index is 392. The number of ether oxygens (including phenoxy) is 1. The molecule has 86 valence electrons. The molecule has 1 fully saturated rings. The van der Waals surface area contributed by atoms with E-state index in [2.05, 4.69) is 23.1 Å². The van der Waals surface area contributed by atoms with Gasteiger partial charge in [0.25, 0.3) is 0 Å². The van der Waals surface area contributed by atoms with Crippen molar-refractivity contribution in [3.05, 3.63) is 23.8 Å². The Morgan fingerprint density at radius 1 is 1.38 bits per heavy atom. The molecule has 0 aliphatic carbocycles. The topological polar surface area (TPSA) is 38.5 Å². The summed E-state index contributed by atoms with van der Waals surface area (Å²) >= 11 is 0. The maximum absolute atomic E-state index is 5.96. The van der Waals surface area contributed by atoms with Crippen LogP contribution >= 0.6 is 0 Å². The normalized spacial score (nSPS) is 24.1. The molecule has 2 heterocycles. The van der Waals surface area contributed by atoms with Crippen molar-refractivity contribution in [1.29, 1.82) is 0 Å². The van der Waals surface area contributed by atoms with Crippen LogP contribution in [0.4, 0.5) is 5.69 Å². The van der Waals surface area contributed by atoms with E-state index in [0.717, 1.165) is 44.7 Å². The van der Waals surface area contributed by atoms with E-state index in [1.165, 1.54) is 11.3 Å². The lowest BCUT2D eigenvalue weighted by Crippen LogP contribution is -2.27. The van der Waals surface area contributed by atoms with E-state index < -0.39 is 0 Å². The van der Waals surface area contributed by atoms with E-state index in [9.17, 15) is 0 Å². The third kappa shape index (κ3) is 1.65. The average Bonchev–Trinajstić information content (AvgIpc) is 2.75. The number of fused-ring (bicyclic) bond motifs is 1. The fourth-order valence-electron chi connectivity index (χ4n) is 2.63. The van der Waals surface area contributed by atoms with Crippen molar-refractivity contribution in [2.75, 3.05) is 24.6 Å². The number of hydrogen-bond donors (Lipinski definition) is 1. The molecular weight excluding hydrogens is 200 g/mol. The molecule has 1 unspecified atom stereocenters. The van der Waals surface area contributed by atoms with Gasteiger partial charge in [-0.2, -0.15) is 0 Å². The van der Waals surface area contributed by atoms with Crippen LogP contribution in [0.1, 0.15) is 18.4 Å². The summed E-state index contributed by atoms with van der Waals surface area (Å²) in [5.74, 6) is 1.10. The minimum Gasteiger partial charge on any atom is -0.491 e. The first-order valence-electron chi connectivity index (χ1n) is 6.10.